The molecule has 0 unspecified atom stereocenters. The molecule has 1 aromatic rings. The zero-order valence-electron chi connectivity index (χ0n) is 14.7. The first kappa shape index (κ1) is 20.6. The van der Waals surface area contributed by atoms with Crippen LogP contribution in [0.25, 0.3) is 0 Å². The van der Waals surface area contributed by atoms with Crippen LogP contribution < -0.4 is 10.0 Å². The molecule has 2 N–H and O–H groups in total. The fraction of sp³-hybridized carbons (Fsp3) is 0.733. The van der Waals surface area contributed by atoms with Crippen molar-refractivity contribution in [2.45, 2.75) is 57.9 Å². The second kappa shape index (κ2) is 9.75. The van der Waals surface area contributed by atoms with Crippen LogP contribution in [0.15, 0.2) is 9.42 Å². The summed E-state index contributed by atoms with van der Waals surface area (Å²) in [7, 11) is -3.86. The van der Waals surface area contributed by atoms with Gasteiger partial charge in [-0.15, -0.1) is 0 Å². The van der Waals surface area contributed by atoms with E-state index >= 15 is 0 Å². The average Bonchev–Trinajstić information content (AvgIpc) is 2.85. The number of rotatable bonds is 11. The number of nitrogens with zero attached hydrogens (tertiary/aromatic N) is 1. The van der Waals surface area contributed by atoms with Crippen LogP contribution in [0.4, 0.5) is 0 Å². The van der Waals surface area contributed by atoms with E-state index in [1.807, 2.05) is 0 Å². The summed E-state index contributed by atoms with van der Waals surface area (Å²) >= 11 is 0. The summed E-state index contributed by atoms with van der Waals surface area (Å²) in [6, 6.07) is -0.898. The average molecular weight is 361 g/mol. The highest BCUT2D eigenvalue weighted by Gasteiger charge is 2.27. The van der Waals surface area contributed by atoms with Gasteiger partial charge in [-0.1, -0.05) is 18.5 Å². The van der Waals surface area contributed by atoms with Crippen LogP contribution in [0, 0.1) is 13.8 Å². The fourth-order valence-corrected chi connectivity index (χ4v) is 3.62. The van der Waals surface area contributed by atoms with Crippen molar-refractivity contribution in [3.8, 4) is 0 Å². The molecule has 1 rings (SSSR count). The Hall–Kier alpha value is -1.45. The SMILES string of the molecule is CCCCOCCCNC(=O)[C@H](C)NS(=O)(=O)c1c(C)noc1C. The quantitative estimate of drug-likeness (QED) is 0.575. The molecule has 0 aromatic carbocycles. The van der Waals surface area contributed by atoms with E-state index in [-0.39, 0.29) is 22.3 Å². The van der Waals surface area contributed by atoms with E-state index < -0.39 is 16.1 Å². The van der Waals surface area contributed by atoms with Gasteiger partial charge in [0.15, 0.2) is 5.76 Å². The van der Waals surface area contributed by atoms with Crippen LogP contribution in [0.2, 0.25) is 0 Å². The molecule has 0 saturated carbocycles. The number of hydrogen-bond acceptors (Lipinski definition) is 6. The monoisotopic (exact) mass is 361 g/mol. The number of ether oxygens (including phenoxy) is 1. The largest absolute Gasteiger partial charge is 0.381 e. The highest BCUT2D eigenvalue weighted by Crippen LogP contribution is 2.18. The molecule has 0 fully saturated rings. The van der Waals surface area contributed by atoms with E-state index in [2.05, 4.69) is 22.1 Å². The Bertz CT molecular complexity index is 608. The van der Waals surface area contributed by atoms with Gasteiger partial charge in [0, 0.05) is 19.8 Å². The van der Waals surface area contributed by atoms with Gasteiger partial charge in [0.25, 0.3) is 0 Å². The van der Waals surface area contributed by atoms with Crippen molar-refractivity contribution in [3.63, 3.8) is 0 Å². The van der Waals surface area contributed by atoms with Crippen LogP contribution in [-0.2, 0) is 19.6 Å². The number of carbonyl (C=O) groups is 1. The molecule has 0 aliphatic rings. The molecule has 138 valence electrons. The second-order valence-electron chi connectivity index (χ2n) is 5.61. The minimum absolute atomic E-state index is 0.0218. The van der Waals surface area contributed by atoms with Crippen LogP contribution >= 0.6 is 0 Å². The first-order chi connectivity index (χ1) is 11.3. The molecule has 0 aliphatic heterocycles. The van der Waals surface area contributed by atoms with Crippen molar-refractivity contribution in [2.75, 3.05) is 19.8 Å². The Morgan fingerprint density at radius 2 is 1.96 bits per heavy atom. The van der Waals surface area contributed by atoms with Gasteiger partial charge in [-0.3, -0.25) is 4.79 Å². The first-order valence-corrected chi connectivity index (χ1v) is 9.58. The summed E-state index contributed by atoms with van der Waals surface area (Å²) in [6.07, 6.45) is 2.78. The van der Waals surface area contributed by atoms with Crippen molar-refractivity contribution >= 4 is 15.9 Å². The first-order valence-electron chi connectivity index (χ1n) is 8.10. The number of aromatic nitrogens is 1. The third kappa shape index (κ3) is 6.21. The summed E-state index contributed by atoms with van der Waals surface area (Å²) in [5, 5.41) is 6.30. The molecular formula is C15H27N3O5S. The predicted octanol–water partition coefficient (Wildman–Crippen LogP) is 1.28. The Morgan fingerprint density at radius 3 is 2.54 bits per heavy atom. The second-order valence-corrected chi connectivity index (χ2v) is 7.26. The summed E-state index contributed by atoms with van der Waals surface area (Å²) in [5.74, 6) is -0.198. The molecule has 24 heavy (non-hydrogen) atoms. The highest BCUT2D eigenvalue weighted by atomic mass is 32.2. The predicted molar refractivity (Wildman–Crippen MR) is 89.1 cm³/mol. The summed E-state index contributed by atoms with van der Waals surface area (Å²) < 4.78 is 37.2. The minimum Gasteiger partial charge on any atom is -0.381 e. The topological polar surface area (TPSA) is 111 Å². The molecule has 1 aromatic heterocycles. The highest BCUT2D eigenvalue weighted by molar-refractivity contribution is 7.89. The fourth-order valence-electron chi connectivity index (χ4n) is 2.09. The lowest BCUT2D eigenvalue weighted by molar-refractivity contribution is -0.122. The summed E-state index contributed by atoms with van der Waals surface area (Å²) in [4.78, 5) is 12.0. The van der Waals surface area contributed by atoms with Crippen LogP contribution in [0.3, 0.4) is 0 Å². The molecule has 8 nitrogen and oxygen atoms in total. The van der Waals surface area contributed by atoms with E-state index in [0.29, 0.717) is 19.6 Å². The van der Waals surface area contributed by atoms with E-state index in [0.717, 1.165) is 19.4 Å². The molecule has 0 radical (unpaired) electrons. The molecule has 1 atom stereocenters. The molecule has 0 spiro atoms. The van der Waals surface area contributed by atoms with E-state index in [1.54, 1.807) is 0 Å². The van der Waals surface area contributed by atoms with E-state index in [1.165, 1.54) is 20.8 Å². The van der Waals surface area contributed by atoms with Gasteiger partial charge in [0.1, 0.15) is 10.6 Å². The maximum Gasteiger partial charge on any atom is 0.246 e. The molecule has 9 heteroatoms. The van der Waals surface area contributed by atoms with Crippen molar-refractivity contribution in [2.24, 2.45) is 0 Å². The van der Waals surface area contributed by atoms with Gasteiger partial charge >= 0.3 is 0 Å². The third-order valence-corrected chi connectivity index (χ3v) is 5.15. The molecule has 1 amide bonds. The maximum absolute atomic E-state index is 12.3. The molecule has 0 saturated heterocycles. The molecule has 1 heterocycles. The number of hydrogen-bond donors (Lipinski definition) is 2. The Morgan fingerprint density at radius 1 is 1.29 bits per heavy atom. The lowest BCUT2D eigenvalue weighted by Crippen LogP contribution is -2.45. The summed E-state index contributed by atoms with van der Waals surface area (Å²) in [6.45, 7) is 8.35. The van der Waals surface area contributed by atoms with E-state index in [9.17, 15) is 13.2 Å². The van der Waals surface area contributed by atoms with Crippen molar-refractivity contribution in [1.82, 2.24) is 15.2 Å². The number of unbranched alkanes of at least 4 members (excludes halogenated alkanes) is 1. The number of amides is 1. The number of aryl methyl sites for hydroxylation is 2. The van der Waals surface area contributed by atoms with Crippen molar-refractivity contribution in [1.29, 1.82) is 0 Å². The van der Waals surface area contributed by atoms with Gasteiger partial charge in [0.05, 0.1) is 6.04 Å². The Kier molecular flexibility index (Phi) is 8.37. The smallest absolute Gasteiger partial charge is 0.246 e. The van der Waals surface area contributed by atoms with Crippen molar-refractivity contribution < 1.29 is 22.5 Å². The van der Waals surface area contributed by atoms with Crippen LogP contribution in [0.1, 0.15) is 44.6 Å². The summed E-state index contributed by atoms with van der Waals surface area (Å²) in [5.41, 5.74) is 0.261. The molecular weight excluding hydrogens is 334 g/mol. The number of carbonyl (C=O) groups excluding carboxylic acids is 1. The minimum atomic E-state index is -3.86. The van der Waals surface area contributed by atoms with Crippen molar-refractivity contribution in [3.05, 3.63) is 11.5 Å². The third-order valence-electron chi connectivity index (χ3n) is 3.37. The normalized spacial score (nSPS) is 13.0. The van der Waals surface area contributed by atoms with Crippen LogP contribution in [0.5, 0.6) is 0 Å². The molecule has 0 bridgehead atoms. The maximum atomic E-state index is 12.3. The standard InChI is InChI=1S/C15H27N3O5S/c1-5-6-9-22-10-7-8-16-15(19)12(3)18-24(20,21)14-11(2)17-23-13(14)4/h12,18H,5-10H2,1-4H3,(H,16,19)/t12-/m0/s1. The number of nitrogens with one attached hydrogen (secondary N) is 2. The van der Waals surface area contributed by atoms with Crippen LogP contribution in [-0.4, -0.2) is 45.3 Å². The lowest BCUT2D eigenvalue weighted by Gasteiger charge is -2.14. The lowest BCUT2D eigenvalue weighted by atomic mass is 10.3. The van der Waals surface area contributed by atoms with Gasteiger partial charge in [-0.25, -0.2) is 8.42 Å². The zero-order chi connectivity index (χ0) is 18.2. The van der Waals surface area contributed by atoms with Gasteiger partial charge in [0.2, 0.25) is 15.9 Å². The van der Waals surface area contributed by atoms with E-state index in [4.69, 9.17) is 9.26 Å². The Labute approximate surface area is 143 Å². The van der Waals surface area contributed by atoms with Gasteiger partial charge < -0.3 is 14.6 Å². The zero-order valence-corrected chi connectivity index (χ0v) is 15.5. The Balaban J connectivity index is 2.41. The number of sulfonamides is 1. The van der Waals surface area contributed by atoms with Gasteiger partial charge in [-0.2, -0.15) is 4.72 Å². The van der Waals surface area contributed by atoms with Gasteiger partial charge in [-0.05, 0) is 33.6 Å². The molecule has 0 aliphatic carbocycles.